The van der Waals surface area contributed by atoms with E-state index in [4.69, 9.17) is 0 Å². The Morgan fingerprint density at radius 2 is 2.36 bits per heavy atom. The SMILES string of the molecule is CCNCc1cncn1C1CC1(C)C. The van der Waals surface area contributed by atoms with Crippen molar-refractivity contribution in [3.63, 3.8) is 0 Å². The average Bonchev–Trinajstić information content (AvgIpc) is 2.62. The minimum absolute atomic E-state index is 0.474. The fourth-order valence-corrected chi connectivity index (χ4v) is 1.92. The zero-order chi connectivity index (χ0) is 10.2. The number of rotatable bonds is 4. The molecule has 14 heavy (non-hydrogen) atoms. The van der Waals surface area contributed by atoms with Crippen LogP contribution >= 0.6 is 0 Å². The molecule has 0 bridgehead atoms. The second kappa shape index (κ2) is 3.39. The lowest BCUT2D eigenvalue weighted by molar-refractivity contribution is 0.521. The minimum Gasteiger partial charge on any atom is -0.330 e. The first kappa shape index (κ1) is 9.71. The summed E-state index contributed by atoms with van der Waals surface area (Å²) in [5, 5.41) is 3.34. The maximum absolute atomic E-state index is 4.22. The van der Waals surface area contributed by atoms with E-state index in [1.807, 2.05) is 12.5 Å². The van der Waals surface area contributed by atoms with Crippen LogP contribution in [0.4, 0.5) is 0 Å². The second-order valence-corrected chi connectivity index (χ2v) is 4.78. The molecule has 0 aliphatic heterocycles. The summed E-state index contributed by atoms with van der Waals surface area (Å²) in [6.45, 7) is 8.70. The number of imidazole rings is 1. The Kier molecular flexibility index (Phi) is 2.35. The van der Waals surface area contributed by atoms with Crippen LogP contribution in [0.3, 0.4) is 0 Å². The van der Waals surface area contributed by atoms with E-state index in [-0.39, 0.29) is 0 Å². The lowest BCUT2D eigenvalue weighted by atomic mass is 10.2. The van der Waals surface area contributed by atoms with E-state index in [0.29, 0.717) is 11.5 Å². The minimum atomic E-state index is 0.474. The molecular formula is C11H19N3. The summed E-state index contributed by atoms with van der Waals surface area (Å²) in [6.07, 6.45) is 5.21. The van der Waals surface area contributed by atoms with Crippen LogP contribution in [0.2, 0.25) is 0 Å². The average molecular weight is 193 g/mol. The highest BCUT2D eigenvalue weighted by Gasteiger charge is 2.47. The van der Waals surface area contributed by atoms with E-state index in [9.17, 15) is 0 Å². The molecule has 1 N–H and O–H groups in total. The number of hydrogen-bond donors (Lipinski definition) is 1. The predicted molar refractivity (Wildman–Crippen MR) is 57.0 cm³/mol. The Morgan fingerprint density at radius 1 is 1.64 bits per heavy atom. The van der Waals surface area contributed by atoms with Crippen molar-refractivity contribution in [1.29, 1.82) is 0 Å². The van der Waals surface area contributed by atoms with Crippen molar-refractivity contribution < 1.29 is 0 Å². The Balaban J connectivity index is 2.07. The molecule has 3 heteroatoms. The van der Waals surface area contributed by atoms with Crippen molar-refractivity contribution in [2.75, 3.05) is 6.54 Å². The second-order valence-electron chi connectivity index (χ2n) is 4.78. The van der Waals surface area contributed by atoms with E-state index < -0.39 is 0 Å². The largest absolute Gasteiger partial charge is 0.330 e. The van der Waals surface area contributed by atoms with E-state index >= 15 is 0 Å². The number of nitrogens with one attached hydrogen (secondary N) is 1. The zero-order valence-electron chi connectivity index (χ0n) is 9.25. The number of aromatic nitrogens is 2. The van der Waals surface area contributed by atoms with Gasteiger partial charge in [0.15, 0.2) is 0 Å². The molecule has 0 spiro atoms. The fraction of sp³-hybridized carbons (Fsp3) is 0.727. The van der Waals surface area contributed by atoms with Crippen LogP contribution in [0.15, 0.2) is 12.5 Å². The van der Waals surface area contributed by atoms with E-state index in [2.05, 4.69) is 35.6 Å². The van der Waals surface area contributed by atoms with Gasteiger partial charge in [-0.2, -0.15) is 0 Å². The molecule has 0 saturated heterocycles. The van der Waals surface area contributed by atoms with E-state index in [0.717, 1.165) is 13.1 Å². The first-order valence-corrected chi connectivity index (χ1v) is 5.36. The fourth-order valence-electron chi connectivity index (χ4n) is 1.92. The van der Waals surface area contributed by atoms with Gasteiger partial charge in [0.05, 0.1) is 12.0 Å². The molecule has 1 atom stereocenters. The van der Waals surface area contributed by atoms with Gasteiger partial charge in [0, 0.05) is 18.8 Å². The molecule has 1 unspecified atom stereocenters. The van der Waals surface area contributed by atoms with Gasteiger partial charge in [0.1, 0.15) is 0 Å². The first-order valence-electron chi connectivity index (χ1n) is 5.36. The third-order valence-electron chi connectivity index (χ3n) is 3.10. The molecule has 78 valence electrons. The maximum Gasteiger partial charge on any atom is 0.0951 e. The van der Waals surface area contributed by atoms with Crippen molar-refractivity contribution in [3.8, 4) is 0 Å². The van der Waals surface area contributed by atoms with Gasteiger partial charge in [-0.15, -0.1) is 0 Å². The molecule has 1 heterocycles. The van der Waals surface area contributed by atoms with Crippen molar-refractivity contribution >= 4 is 0 Å². The summed E-state index contributed by atoms with van der Waals surface area (Å²) in [5.74, 6) is 0. The van der Waals surface area contributed by atoms with Gasteiger partial charge in [-0.25, -0.2) is 4.98 Å². The summed E-state index contributed by atoms with van der Waals surface area (Å²) >= 11 is 0. The summed E-state index contributed by atoms with van der Waals surface area (Å²) in [4.78, 5) is 4.22. The lowest BCUT2D eigenvalue weighted by Gasteiger charge is -2.09. The highest BCUT2D eigenvalue weighted by molar-refractivity contribution is 5.09. The third kappa shape index (κ3) is 1.69. The topological polar surface area (TPSA) is 29.9 Å². The zero-order valence-corrected chi connectivity index (χ0v) is 9.25. The van der Waals surface area contributed by atoms with Crippen LogP contribution < -0.4 is 5.32 Å². The van der Waals surface area contributed by atoms with Crippen LogP contribution in [0.25, 0.3) is 0 Å². The van der Waals surface area contributed by atoms with Gasteiger partial charge in [-0.3, -0.25) is 0 Å². The van der Waals surface area contributed by atoms with Gasteiger partial charge in [0.25, 0.3) is 0 Å². The van der Waals surface area contributed by atoms with Crippen LogP contribution in [0.5, 0.6) is 0 Å². The summed E-state index contributed by atoms with van der Waals surface area (Å²) in [5.41, 5.74) is 1.78. The quantitative estimate of drug-likeness (QED) is 0.792. The summed E-state index contributed by atoms with van der Waals surface area (Å²) in [7, 11) is 0. The van der Waals surface area contributed by atoms with Gasteiger partial charge in [0.2, 0.25) is 0 Å². The molecule has 0 radical (unpaired) electrons. The smallest absolute Gasteiger partial charge is 0.0951 e. The molecule has 1 aromatic heterocycles. The van der Waals surface area contributed by atoms with Gasteiger partial charge in [-0.1, -0.05) is 20.8 Å². The van der Waals surface area contributed by atoms with E-state index in [1.54, 1.807) is 0 Å². The molecule has 0 aromatic carbocycles. The van der Waals surface area contributed by atoms with Crippen molar-refractivity contribution in [2.45, 2.75) is 39.8 Å². The monoisotopic (exact) mass is 193 g/mol. The normalized spacial score (nSPS) is 23.8. The Labute approximate surface area is 85.5 Å². The molecule has 2 rings (SSSR count). The van der Waals surface area contributed by atoms with E-state index in [1.165, 1.54) is 12.1 Å². The number of hydrogen-bond acceptors (Lipinski definition) is 2. The Hall–Kier alpha value is -0.830. The third-order valence-corrected chi connectivity index (χ3v) is 3.10. The Bertz CT molecular complexity index is 314. The standard InChI is InChI=1S/C11H19N3/c1-4-12-6-9-7-13-8-14(9)10-5-11(10,2)3/h7-8,10,12H,4-6H2,1-3H3. The number of nitrogens with zero attached hydrogens (tertiary/aromatic N) is 2. The van der Waals surface area contributed by atoms with Crippen LogP contribution in [-0.4, -0.2) is 16.1 Å². The molecule has 1 aliphatic rings. The van der Waals surface area contributed by atoms with Gasteiger partial charge < -0.3 is 9.88 Å². The van der Waals surface area contributed by atoms with Crippen molar-refractivity contribution in [3.05, 3.63) is 18.2 Å². The highest BCUT2D eigenvalue weighted by Crippen LogP contribution is 2.55. The van der Waals surface area contributed by atoms with Crippen LogP contribution in [0.1, 0.15) is 38.9 Å². The Morgan fingerprint density at radius 3 is 2.93 bits per heavy atom. The predicted octanol–water partition coefficient (Wildman–Crippen LogP) is 1.96. The maximum atomic E-state index is 4.22. The molecule has 3 nitrogen and oxygen atoms in total. The van der Waals surface area contributed by atoms with Crippen LogP contribution in [0, 0.1) is 5.41 Å². The van der Waals surface area contributed by atoms with Crippen LogP contribution in [-0.2, 0) is 6.54 Å². The first-order chi connectivity index (χ1) is 6.65. The van der Waals surface area contributed by atoms with Crippen molar-refractivity contribution in [2.24, 2.45) is 5.41 Å². The molecule has 0 amide bonds. The molecule has 1 aliphatic carbocycles. The van der Waals surface area contributed by atoms with Crippen molar-refractivity contribution in [1.82, 2.24) is 14.9 Å². The van der Waals surface area contributed by atoms with Gasteiger partial charge >= 0.3 is 0 Å². The lowest BCUT2D eigenvalue weighted by Crippen LogP contribution is -2.15. The highest BCUT2D eigenvalue weighted by atomic mass is 15.1. The molecular weight excluding hydrogens is 174 g/mol. The van der Waals surface area contributed by atoms with Gasteiger partial charge in [-0.05, 0) is 18.4 Å². The summed E-state index contributed by atoms with van der Waals surface area (Å²) < 4.78 is 2.32. The molecule has 1 saturated carbocycles. The molecule has 1 aromatic rings. The molecule has 1 fully saturated rings. The summed E-state index contributed by atoms with van der Waals surface area (Å²) in [6, 6.07) is 0.665.